The molecule has 0 bridgehead atoms. The molecule has 0 N–H and O–H groups in total. The molecule has 0 atom stereocenters. The highest BCUT2D eigenvalue weighted by molar-refractivity contribution is 5.88. The minimum absolute atomic E-state index is 0.679. The number of hydrogen-bond donors (Lipinski definition) is 0. The SMILES string of the molecule is CCCCCCCCOc1ccc2cc(-c3nc4cc(CCCC)ccc4o3)ccc2c1. The molecule has 32 heavy (non-hydrogen) atoms. The molecule has 0 aliphatic heterocycles. The number of aromatic nitrogens is 1. The lowest BCUT2D eigenvalue weighted by molar-refractivity contribution is 0.305. The van der Waals surface area contributed by atoms with Crippen LogP contribution in [0.15, 0.2) is 59.0 Å². The van der Waals surface area contributed by atoms with E-state index in [-0.39, 0.29) is 0 Å². The van der Waals surface area contributed by atoms with Gasteiger partial charge in [-0.25, -0.2) is 4.98 Å². The average molecular weight is 430 g/mol. The van der Waals surface area contributed by atoms with Gasteiger partial charge in [0, 0.05) is 5.56 Å². The fourth-order valence-electron chi connectivity index (χ4n) is 4.15. The Labute approximate surface area is 191 Å². The van der Waals surface area contributed by atoms with Crippen molar-refractivity contribution >= 4 is 21.9 Å². The second-order valence-electron chi connectivity index (χ2n) is 8.76. The van der Waals surface area contributed by atoms with Gasteiger partial charge in [-0.1, -0.05) is 70.6 Å². The normalized spacial score (nSPS) is 11.4. The van der Waals surface area contributed by atoms with Gasteiger partial charge in [0.15, 0.2) is 5.58 Å². The highest BCUT2D eigenvalue weighted by atomic mass is 16.5. The fourth-order valence-corrected chi connectivity index (χ4v) is 4.15. The third kappa shape index (κ3) is 5.70. The van der Waals surface area contributed by atoms with Crippen LogP contribution in [0.1, 0.15) is 70.8 Å². The molecule has 0 saturated heterocycles. The van der Waals surface area contributed by atoms with Crippen molar-refractivity contribution in [2.75, 3.05) is 6.61 Å². The van der Waals surface area contributed by atoms with Crippen LogP contribution in [-0.2, 0) is 6.42 Å². The lowest BCUT2D eigenvalue weighted by atomic mass is 10.1. The number of fused-ring (bicyclic) bond motifs is 2. The molecule has 0 unspecified atom stereocenters. The quantitative estimate of drug-likeness (QED) is 0.211. The fraction of sp³-hybridized carbons (Fsp3) is 0.414. The molecule has 0 aliphatic rings. The molecule has 1 heterocycles. The smallest absolute Gasteiger partial charge is 0.227 e. The lowest BCUT2D eigenvalue weighted by Gasteiger charge is -2.08. The predicted molar refractivity (Wildman–Crippen MR) is 134 cm³/mol. The van der Waals surface area contributed by atoms with E-state index in [9.17, 15) is 0 Å². The molecule has 0 aliphatic carbocycles. The Morgan fingerprint density at radius 3 is 2.41 bits per heavy atom. The van der Waals surface area contributed by atoms with E-state index in [2.05, 4.69) is 62.4 Å². The maximum Gasteiger partial charge on any atom is 0.227 e. The van der Waals surface area contributed by atoms with Crippen molar-refractivity contribution in [3.63, 3.8) is 0 Å². The summed E-state index contributed by atoms with van der Waals surface area (Å²) in [6.45, 7) is 5.26. The van der Waals surface area contributed by atoms with Crippen molar-refractivity contribution in [1.82, 2.24) is 4.98 Å². The zero-order valence-corrected chi connectivity index (χ0v) is 19.5. The van der Waals surface area contributed by atoms with Crippen LogP contribution >= 0.6 is 0 Å². The molecule has 4 aromatic rings. The van der Waals surface area contributed by atoms with Crippen molar-refractivity contribution in [3.8, 4) is 17.2 Å². The Morgan fingerprint density at radius 1 is 0.750 bits per heavy atom. The number of unbranched alkanes of at least 4 members (excludes halogenated alkanes) is 6. The van der Waals surface area contributed by atoms with E-state index in [1.165, 1.54) is 61.3 Å². The van der Waals surface area contributed by atoms with Crippen molar-refractivity contribution in [2.45, 2.75) is 71.6 Å². The minimum Gasteiger partial charge on any atom is -0.494 e. The number of benzene rings is 3. The minimum atomic E-state index is 0.679. The van der Waals surface area contributed by atoms with E-state index in [1.807, 2.05) is 6.07 Å². The second kappa shape index (κ2) is 11.2. The number of oxazole rings is 1. The molecule has 0 saturated carbocycles. The Bertz CT molecular complexity index is 1140. The van der Waals surface area contributed by atoms with Crippen LogP contribution in [0.5, 0.6) is 5.75 Å². The standard InChI is InChI=1S/C29H35NO2/c1-3-5-7-8-9-10-18-31-26-16-15-23-20-25(14-13-24(23)21-26)29-30-27-19-22(11-6-4-2)12-17-28(27)32-29/h12-17,19-21H,3-11,18H2,1-2H3. The highest BCUT2D eigenvalue weighted by Gasteiger charge is 2.10. The lowest BCUT2D eigenvalue weighted by Crippen LogP contribution is -1.97. The summed E-state index contributed by atoms with van der Waals surface area (Å²) < 4.78 is 12.0. The van der Waals surface area contributed by atoms with Crippen LogP contribution in [0.25, 0.3) is 33.3 Å². The summed E-state index contributed by atoms with van der Waals surface area (Å²) in [6.07, 6.45) is 11.2. The van der Waals surface area contributed by atoms with Gasteiger partial charge in [0.2, 0.25) is 5.89 Å². The first-order valence-corrected chi connectivity index (χ1v) is 12.3. The Kier molecular flexibility index (Phi) is 7.82. The van der Waals surface area contributed by atoms with Crippen LogP contribution in [0.2, 0.25) is 0 Å². The molecular weight excluding hydrogens is 394 g/mol. The van der Waals surface area contributed by atoms with Crippen molar-refractivity contribution in [3.05, 3.63) is 60.2 Å². The van der Waals surface area contributed by atoms with Gasteiger partial charge < -0.3 is 9.15 Å². The van der Waals surface area contributed by atoms with Crippen molar-refractivity contribution < 1.29 is 9.15 Å². The molecule has 1 aromatic heterocycles. The van der Waals surface area contributed by atoms with Gasteiger partial charge in [-0.15, -0.1) is 0 Å². The molecule has 0 spiro atoms. The van der Waals surface area contributed by atoms with Crippen LogP contribution in [0, 0.1) is 0 Å². The summed E-state index contributed by atoms with van der Waals surface area (Å²) >= 11 is 0. The van der Waals surface area contributed by atoms with Gasteiger partial charge >= 0.3 is 0 Å². The molecule has 3 aromatic carbocycles. The Balaban J connectivity index is 1.41. The molecule has 0 fully saturated rings. The summed E-state index contributed by atoms with van der Waals surface area (Å²) in [5.74, 6) is 1.62. The van der Waals surface area contributed by atoms with E-state index < -0.39 is 0 Å². The zero-order valence-electron chi connectivity index (χ0n) is 19.5. The molecule has 0 amide bonds. The summed E-state index contributed by atoms with van der Waals surface area (Å²) in [5, 5.41) is 2.34. The molecule has 3 heteroatoms. The third-order valence-corrected chi connectivity index (χ3v) is 6.10. The molecule has 0 radical (unpaired) electrons. The van der Waals surface area contributed by atoms with Gasteiger partial charge in [-0.05, 0) is 72.0 Å². The third-order valence-electron chi connectivity index (χ3n) is 6.10. The van der Waals surface area contributed by atoms with Crippen molar-refractivity contribution in [2.24, 2.45) is 0 Å². The highest BCUT2D eigenvalue weighted by Crippen LogP contribution is 2.29. The summed E-state index contributed by atoms with van der Waals surface area (Å²) in [4.78, 5) is 4.76. The molecule has 168 valence electrons. The molecule has 4 rings (SSSR count). The van der Waals surface area contributed by atoms with E-state index in [0.29, 0.717) is 5.89 Å². The van der Waals surface area contributed by atoms with Gasteiger partial charge in [-0.3, -0.25) is 0 Å². The summed E-state index contributed by atoms with van der Waals surface area (Å²) in [7, 11) is 0. The summed E-state index contributed by atoms with van der Waals surface area (Å²) in [5.41, 5.74) is 4.11. The van der Waals surface area contributed by atoms with Crippen LogP contribution in [-0.4, -0.2) is 11.6 Å². The first-order valence-electron chi connectivity index (χ1n) is 12.3. The van der Waals surface area contributed by atoms with E-state index in [0.717, 1.165) is 41.9 Å². The van der Waals surface area contributed by atoms with Gasteiger partial charge in [0.05, 0.1) is 6.61 Å². The number of hydrogen-bond acceptors (Lipinski definition) is 3. The first kappa shape index (κ1) is 22.4. The first-order chi connectivity index (χ1) is 15.8. The maximum absolute atomic E-state index is 6.05. The van der Waals surface area contributed by atoms with Crippen LogP contribution < -0.4 is 4.74 Å². The second-order valence-corrected chi connectivity index (χ2v) is 8.76. The molecule has 3 nitrogen and oxygen atoms in total. The van der Waals surface area contributed by atoms with E-state index >= 15 is 0 Å². The van der Waals surface area contributed by atoms with Gasteiger partial charge in [0.1, 0.15) is 11.3 Å². The number of aryl methyl sites for hydroxylation is 1. The number of ether oxygens (including phenoxy) is 1. The zero-order chi connectivity index (χ0) is 22.2. The van der Waals surface area contributed by atoms with Crippen LogP contribution in [0.4, 0.5) is 0 Å². The monoisotopic (exact) mass is 429 g/mol. The van der Waals surface area contributed by atoms with Gasteiger partial charge in [0.25, 0.3) is 0 Å². The topological polar surface area (TPSA) is 35.3 Å². The van der Waals surface area contributed by atoms with E-state index in [4.69, 9.17) is 14.1 Å². The average Bonchev–Trinajstić information content (AvgIpc) is 3.25. The Hall–Kier alpha value is -2.81. The van der Waals surface area contributed by atoms with E-state index in [1.54, 1.807) is 0 Å². The number of rotatable bonds is 12. The number of nitrogens with zero attached hydrogens (tertiary/aromatic N) is 1. The Morgan fingerprint density at radius 2 is 1.53 bits per heavy atom. The predicted octanol–water partition coefficient (Wildman–Crippen LogP) is 8.73. The van der Waals surface area contributed by atoms with Crippen molar-refractivity contribution in [1.29, 1.82) is 0 Å². The van der Waals surface area contributed by atoms with Gasteiger partial charge in [-0.2, -0.15) is 0 Å². The summed E-state index contributed by atoms with van der Waals surface area (Å²) in [6, 6.07) is 19.0. The van der Waals surface area contributed by atoms with Crippen LogP contribution in [0.3, 0.4) is 0 Å². The maximum atomic E-state index is 6.05. The molecular formula is C29H35NO2. The largest absolute Gasteiger partial charge is 0.494 e.